The van der Waals surface area contributed by atoms with Crippen LogP contribution in [0.4, 0.5) is 0 Å². The highest BCUT2D eigenvalue weighted by Crippen LogP contribution is 2.38. The van der Waals surface area contributed by atoms with Crippen molar-refractivity contribution in [2.24, 2.45) is 0 Å². The smallest absolute Gasteiger partial charge is 0.0960 e. The summed E-state index contributed by atoms with van der Waals surface area (Å²) in [4.78, 5) is 1.10. The van der Waals surface area contributed by atoms with Gasteiger partial charge >= 0.3 is 0 Å². The van der Waals surface area contributed by atoms with Crippen molar-refractivity contribution in [1.29, 1.82) is 0 Å². The van der Waals surface area contributed by atoms with Gasteiger partial charge in [0.2, 0.25) is 0 Å². The second kappa shape index (κ2) is 5.25. The lowest BCUT2D eigenvalue weighted by atomic mass is 10.1. The molecule has 0 spiro atoms. The summed E-state index contributed by atoms with van der Waals surface area (Å²) >= 11 is 16.4. The van der Waals surface area contributed by atoms with Gasteiger partial charge in [0.15, 0.2) is 0 Å². The van der Waals surface area contributed by atoms with Crippen LogP contribution in [0.5, 0.6) is 0 Å². The van der Waals surface area contributed by atoms with Crippen LogP contribution < -0.4 is 0 Å². The molecule has 0 N–H and O–H groups in total. The van der Waals surface area contributed by atoms with Gasteiger partial charge in [0, 0.05) is 8.45 Å². The van der Waals surface area contributed by atoms with Gasteiger partial charge in [-0.25, -0.2) is 0 Å². The van der Waals surface area contributed by atoms with Crippen LogP contribution in [0.2, 0.25) is 4.34 Å². The van der Waals surface area contributed by atoms with Crippen LogP contribution in [-0.4, -0.2) is 0 Å². The fraction of sp³-hybridized carbons (Fsp3) is 0.167. The fourth-order valence-electron chi connectivity index (χ4n) is 1.44. The van der Waals surface area contributed by atoms with E-state index in [0.717, 1.165) is 20.3 Å². The number of benzene rings is 1. The molecule has 1 unspecified atom stereocenters. The maximum atomic E-state index is 6.47. The molecule has 0 radical (unpaired) electrons. The first-order valence-corrected chi connectivity index (χ1v) is 7.45. The Morgan fingerprint density at radius 2 is 2.00 bits per heavy atom. The largest absolute Gasteiger partial charge is 0.126 e. The number of thiophene rings is 1. The molecule has 0 saturated carbocycles. The SMILES string of the molecule is Cc1cc(C(Cl)c2ccccc2I)sc1Cl. The van der Waals surface area contributed by atoms with Gasteiger partial charge in [-0.15, -0.1) is 22.9 Å². The monoisotopic (exact) mass is 382 g/mol. The van der Waals surface area contributed by atoms with E-state index in [0.29, 0.717) is 0 Å². The lowest BCUT2D eigenvalue weighted by Gasteiger charge is -2.09. The summed E-state index contributed by atoms with van der Waals surface area (Å²) in [7, 11) is 0. The summed E-state index contributed by atoms with van der Waals surface area (Å²) in [5, 5.41) is -0.107. The average molecular weight is 383 g/mol. The van der Waals surface area contributed by atoms with Gasteiger partial charge in [0.1, 0.15) is 0 Å². The van der Waals surface area contributed by atoms with Crippen molar-refractivity contribution in [1.82, 2.24) is 0 Å². The standard InChI is InChI=1S/C12H9Cl2IS/c1-7-6-10(16-12(7)14)11(13)8-4-2-3-5-9(8)15/h2-6,11H,1H3. The molecule has 1 heterocycles. The Bertz CT molecular complexity index is 488. The fourth-order valence-corrected chi connectivity index (χ4v) is 3.93. The van der Waals surface area contributed by atoms with E-state index < -0.39 is 0 Å². The predicted octanol–water partition coefficient (Wildman–Crippen LogP) is 5.64. The van der Waals surface area contributed by atoms with Crippen molar-refractivity contribution in [2.45, 2.75) is 12.3 Å². The summed E-state index contributed by atoms with van der Waals surface area (Å²) in [6.07, 6.45) is 0. The van der Waals surface area contributed by atoms with Gasteiger partial charge < -0.3 is 0 Å². The van der Waals surface area contributed by atoms with Crippen LogP contribution >= 0.6 is 57.1 Å². The number of aryl methyl sites for hydroxylation is 1. The first-order chi connectivity index (χ1) is 7.59. The number of halogens is 3. The van der Waals surface area contributed by atoms with Crippen LogP contribution in [0.3, 0.4) is 0 Å². The van der Waals surface area contributed by atoms with Gasteiger partial charge in [0.05, 0.1) is 9.71 Å². The number of hydrogen-bond donors (Lipinski definition) is 0. The Hall–Kier alpha value is 0.230. The molecule has 0 saturated heterocycles. The Balaban J connectivity index is 2.39. The minimum absolute atomic E-state index is 0.107. The molecule has 0 aliphatic rings. The van der Waals surface area contributed by atoms with Gasteiger partial charge in [-0.1, -0.05) is 29.8 Å². The van der Waals surface area contributed by atoms with Crippen molar-refractivity contribution in [2.75, 3.05) is 0 Å². The molecule has 2 rings (SSSR count). The van der Waals surface area contributed by atoms with Crippen molar-refractivity contribution in [3.63, 3.8) is 0 Å². The Kier molecular flexibility index (Phi) is 4.16. The molecule has 16 heavy (non-hydrogen) atoms. The Morgan fingerprint density at radius 1 is 1.31 bits per heavy atom. The number of rotatable bonds is 2. The molecule has 1 aromatic carbocycles. The van der Waals surface area contributed by atoms with Gasteiger partial charge in [0.25, 0.3) is 0 Å². The molecule has 0 nitrogen and oxygen atoms in total. The second-order valence-electron chi connectivity index (χ2n) is 3.49. The third-order valence-electron chi connectivity index (χ3n) is 2.30. The van der Waals surface area contributed by atoms with Crippen molar-refractivity contribution >= 4 is 57.1 Å². The van der Waals surface area contributed by atoms with Crippen LogP contribution in [0.25, 0.3) is 0 Å². The van der Waals surface area contributed by atoms with E-state index in [1.54, 1.807) is 11.3 Å². The van der Waals surface area contributed by atoms with Gasteiger partial charge in [-0.05, 0) is 52.8 Å². The van der Waals surface area contributed by atoms with E-state index >= 15 is 0 Å². The molecule has 2 aromatic rings. The molecule has 84 valence electrons. The van der Waals surface area contributed by atoms with Crippen molar-refractivity contribution in [3.8, 4) is 0 Å². The molecule has 0 aliphatic carbocycles. The highest BCUT2D eigenvalue weighted by atomic mass is 127. The highest BCUT2D eigenvalue weighted by molar-refractivity contribution is 14.1. The van der Waals surface area contributed by atoms with E-state index in [-0.39, 0.29) is 5.38 Å². The highest BCUT2D eigenvalue weighted by Gasteiger charge is 2.16. The molecule has 4 heteroatoms. The molecule has 0 aliphatic heterocycles. The summed E-state index contributed by atoms with van der Waals surface area (Å²) in [6.45, 7) is 2.00. The van der Waals surface area contributed by atoms with Crippen molar-refractivity contribution in [3.05, 3.63) is 54.2 Å². The maximum absolute atomic E-state index is 6.47. The lowest BCUT2D eigenvalue weighted by Crippen LogP contribution is -1.93. The third-order valence-corrected chi connectivity index (χ3v) is 5.51. The molecule has 1 aromatic heterocycles. The molecular weight excluding hydrogens is 374 g/mol. The molecule has 0 bridgehead atoms. The summed E-state index contributed by atoms with van der Waals surface area (Å²) in [5.41, 5.74) is 2.24. The van der Waals surface area contributed by atoms with E-state index in [4.69, 9.17) is 23.2 Å². The first kappa shape index (κ1) is 12.7. The zero-order valence-corrected chi connectivity index (χ0v) is 13.0. The molecule has 0 fully saturated rings. The Labute approximate surface area is 123 Å². The van der Waals surface area contributed by atoms with Gasteiger partial charge in [-0.3, -0.25) is 0 Å². The van der Waals surface area contributed by atoms with E-state index in [9.17, 15) is 0 Å². The summed E-state index contributed by atoms with van der Waals surface area (Å²) in [6, 6.07) is 10.2. The number of alkyl halides is 1. The Morgan fingerprint density at radius 3 is 2.56 bits per heavy atom. The van der Waals surface area contributed by atoms with Crippen molar-refractivity contribution < 1.29 is 0 Å². The quantitative estimate of drug-likeness (QED) is 0.465. The minimum Gasteiger partial charge on any atom is -0.126 e. The second-order valence-corrected chi connectivity index (χ2v) is 6.77. The van der Waals surface area contributed by atoms with Crippen LogP contribution in [0, 0.1) is 10.5 Å². The summed E-state index contributed by atoms with van der Waals surface area (Å²) in [5.74, 6) is 0. The average Bonchev–Trinajstić information content (AvgIpc) is 2.59. The molecule has 1 atom stereocenters. The first-order valence-electron chi connectivity index (χ1n) is 4.74. The molecular formula is C12H9Cl2IS. The predicted molar refractivity (Wildman–Crippen MR) is 80.9 cm³/mol. The van der Waals surface area contributed by atoms with E-state index in [1.165, 1.54) is 3.57 Å². The maximum Gasteiger partial charge on any atom is 0.0960 e. The normalized spacial score (nSPS) is 12.8. The van der Waals surface area contributed by atoms with E-state index in [1.807, 2.05) is 19.1 Å². The zero-order valence-electron chi connectivity index (χ0n) is 8.51. The topological polar surface area (TPSA) is 0 Å². The third kappa shape index (κ3) is 2.55. The van der Waals surface area contributed by atoms with Crippen LogP contribution in [0.1, 0.15) is 21.4 Å². The van der Waals surface area contributed by atoms with E-state index in [2.05, 4.69) is 40.8 Å². The summed E-state index contributed by atoms with van der Waals surface area (Å²) < 4.78 is 2.01. The lowest BCUT2D eigenvalue weighted by molar-refractivity contribution is 1.16. The van der Waals surface area contributed by atoms with Crippen LogP contribution in [-0.2, 0) is 0 Å². The minimum atomic E-state index is -0.107. The zero-order chi connectivity index (χ0) is 11.7. The van der Waals surface area contributed by atoms with Gasteiger partial charge in [-0.2, -0.15) is 0 Å². The molecule has 0 amide bonds. The van der Waals surface area contributed by atoms with Crippen LogP contribution in [0.15, 0.2) is 30.3 Å². The number of hydrogen-bond acceptors (Lipinski definition) is 1.